The molecule has 4 aliphatic carbocycles. The van der Waals surface area contributed by atoms with Crippen LogP contribution in [0.4, 0.5) is 0 Å². The van der Waals surface area contributed by atoms with E-state index in [1.807, 2.05) is 0 Å². The van der Waals surface area contributed by atoms with Crippen LogP contribution in [0.15, 0.2) is 0 Å². The van der Waals surface area contributed by atoms with Gasteiger partial charge in [0.05, 0.1) is 6.61 Å². The van der Waals surface area contributed by atoms with Gasteiger partial charge in [-0.3, -0.25) is 4.79 Å². The molecule has 4 saturated carbocycles. The van der Waals surface area contributed by atoms with Gasteiger partial charge in [-0.25, -0.2) is 0 Å². The zero-order valence-corrected chi connectivity index (χ0v) is 10.8. The van der Waals surface area contributed by atoms with E-state index in [-0.39, 0.29) is 6.61 Å². The van der Waals surface area contributed by atoms with Crippen LogP contribution < -0.4 is 5.32 Å². The lowest BCUT2D eigenvalue weighted by molar-refractivity contribution is -0.141. The highest BCUT2D eigenvalue weighted by Gasteiger charge is 2.50. The Hall–Kier alpha value is -0.610. The van der Waals surface area contributed by atoms with E-state index in [1.165, 1.54) is 38.5 Å². The van der Waals surface area contributed by atoms with E-state index in [0.29, 0.717) is 5.41 Å². The van der Waals surface area contributed by atoms with Crippen molar-refractivity contribution < 1.29 is 15.0 Å². The summed E-state index contributed by atoms with van der Waals surface area (Å²) in [6.07, 6.45) is 8.02. The van der Waals surface area contributed by atoms with Gasteiger partial charge >= 0.3 is 5.97 Å². The van der Waals surface area contributed by atoms with Crippen molar-refractivity contribution in [3.63, 3.8) is 0 Å². The highest BCUT2D eigenvalue weighted by atomic mass is 16.4. The molecule has 0 spiro atoms. The van der Waals surface area contributed by atoms with Crippen molar-refractivity contribution in [2.75, 3.05) is 13.2 Å². The number of hydrogen-bond donors (Lipinski definition) is 3. The number of carboxylic acid groups (broad SMARTS) is 1. The fraction of sp³-hybridized carbons (Fsp3) is 0.929. The van der Waals surface area contributed by atoms with Crippen molar-refractivity contribution in [2.45, 2.75) is 44.6 Å². The van der Waals surface area contributed by atoms with Gasteiger partial charge in [-0.15, -0.1) is 0 Å². The van der Waals surface area contributed by atoms with E-state index in [4.69, 9.17) is 10.2 Å². The van der Waals surface area contributed by atoms with Crippen LogP contribution in [-0.4, -0.2) is 35.4 Å². The number of nitrogens with one attached hydrogen (secondary N) is 1. The number of rotatable bonds is 5. The molecule has 0 heterocycles. The molecule has 4 bridgehead atoms. The molecular weight excluding hydrogens is 230 g/mol. The Kier molecular flexibility index (Phi) is 3.10. The molecule has 0 aliphatic heterocycles. The van der Waals surface area contributed by atoms with Crippen molar-refractivity contribution in [1.29, 1.82) is 0 Å². The normalized spacial score (nSPS) is 43.1. The minimum atomic E-state index is -0.942. The molecule has 1 unspecified atom stereocenters. The average Bonchev–Trinajstić information content (AvgIpc) is 2.27. The van der Waals surface area contributed by atoms with Crippen LogP contribution in [0.1, 0.15) is 38.5 Å². The summed E-state index contributed by atoms with van der Waals surface area (Å²) in [5.74, 6) is 1.71. The average molecular weight is 253 g/mol. The van der Waals surface area contributed by atoms with E-state index < -0.39 is 12.0 Å². The van der Waals surface area contributed by atoms with Gasteiger partial charge in [-0.2, -0.15) is 0 Å². The molecule has 0 aromatic rings. The Morgan fingerprint density at radius 1 is 1.17 bits per heavy atom. The summed E-state index contributed by atoms with van der Waals surface area (Å²) in [7, 11) is 0. The molecule has 4 fully saturated rings. The lowest BCUT2D eigenvalue weighted by Crippen LogP contribution is -2.53. The van der Waals surface area contributed by atoms with Gasteiger partial charge in [0.1, 0.15) is 6.04 Å². The van der Waals surface area contributed by atoms with E-state index in [0.717, 1.165) is 24.3 Å². The fourth-order valence-corrected chi connectivity index (χ4v) is 5.08. The summed E-state index contributed by atoms with van der Waals surface area (Å²) in [6, 6.07) is -0.794. The van der Waals surface area contributed by atoms with Crippen molar-refractivity contribution in [3.8, 4) is 0 Å². The quantitative estimate of drug-likeness (QED) is 0.689. The standard InChI is InChI=1S/C14H23NO3/c16-7-12(13(17)18)15-8-14-4-9-1-10(5-14)3-11(2-9)6-14/h9-12,15-16H,1-8H2,(H,17,18). The minimum absolute atomic E-state index is 0.318. The molecule has 0 aromatic heterocycles. The number of aliphatic carboxylic acids is 1. The highest BCUT2D eigenvalue weighted by molar-refractivity contribution is 5.73. The van der Waals surface area contributed by atoms with Crippen molar-refractivity contribution in [2.24, 2.45) is 23.2 Å². The minimum Gasteiger partial charge on any atom is -0.480 e. The Morgan fingerprint density at radius 2 is 1.67 bits per heavy atom. The maximum Gasteiger partial charge on any atom is 0.323 e. The first-order chi connectivity index (χ1) is 8.60. The molecule has 18 heavy (non-hydrogen) atoms. The topological polar surface area (TPSA) is 69.6 Å². The summed E-state index contributed by atoms with van der Waals surface area (Å²) in [6.45, 7) is 0.454. The first kappa shape index (κ1) is 12.4. The van der Waals surface area contributed by atoms with Crippen molar-refractivity contribution in [1.82, 2.24) is 5.32 Å². The van der Waals surface area contributed by atoms with Crippen LogP contribution in [0.25, 0.3) is 0 Å². The Morgan fingerprint density at radius 3 is 2.06 bits per heavy atom. The summed E-state index contributed by atoms with van der Waals surface area (Å²) in [5, 5.41) is 21.1. The second-order valence-electron chi connectivity index (χ2n) is 6.87. The molecule has 1 atom stereocenters. The number of carbonyl (C=O) groups is 1. The largest absolute Gasteiger partial charge is 0.480 e. The smallest absolute Gasteiger partial charge is 0.323 e. The van der Waals surface area contributed by atoms with Crippen molar-refractivity contribution >= 4 is 5.97 Å². The molecule has 0 amide bonds. The van der Waals surface area contributed by atoms with Crippen molar-refractivity contribution in [3.05, 3.63) is 0 Å². The first-order valence-electron chi connectivity index (χ1n) is 7.17. The fourth-order valence-electron chi connectivity index (χ4n) is 5.08. The number of hydrogen-bond acceptors (Lipinski definition) is 3. The Bertz CT molecular complexity index is 307. The van der Waals surface area contributed by atoms with Crippen LogP contribution in [-0.2, 0) is 4.79 Å². The highest BCUT2D eigenvalue weighted by Crippen LogP contribution is 2.59. The molecule has 4 aliphatic rings. The van der Waals surface area contributed by atoms with Crippen LogP contribution in [0.2, 0.25) is 0 Å². The molecule has 102 valence electrons. The van der Waals surface area contributed by atoms with Crippen LogP contribution in [0.5, 0.6) is 0 Å². The molecular formula is C14H23NO3. The Labute approximate surface area is 108 Å². The third-order valence-electron chi connectivity index (χ3n) is 5.37. The van der Waals surface area contributed by atoms with Crippen LogP contribution >= 0.6 is 0 Å². The van der Waals surface area contributed by atoms with Gasteiger partial charge in [-0.05, 0) is 61.7 Å². The zero-order chi connectivity index (χ0) is 12.8. The maximum absolute atomic E-state index is 10.9. The number of aliphatic hydroxyl groups excluding tert-OH is 1. The number of carboxylic acids is 1. The second-order valence-corrected chi connectivity index (χ2v) is 6.87. The van der Waals surface area contributed by atoms with E-state index in [9.17, 15) is 4.79 Å². The lowest BCUT2D eigenvalue weighted by Gasteiger charge is -2.57. The van der Waals surface area contributed by atoms with Gasteiger partial charge in [0, 0.05) is 6.54 Å². The predicted octanol–water partition coefficient (Wildman–Crippen LogP) is 1.24. The lowest BCUT2D eigenvalue weighted by atomic mass is 9.49. The molecule has 4 rings (SSSR count). The third-order valence-corrected chi connectivity index (χ3v) is 5.37. The SMILES string of the molecule is O=C(O)C(CO)NCC12CC3CC(CC(C3)C1)C2. The molecule has 3 N–H and O–H groups in total. The predicted molar refractivity (Wildman–Crippen MR) is 67.1 cm³/mol. The summed E-state index contributed by atoms with van der Waals surface area (Å²) >= 11 is 0. The number of aliphatic hydroxyl groups is 1. The van der Waals surface area contributed by atoms with Crippen LogP contribution in [0, 0.1) is 23.2 Å². The maximum atomic E-state index is 10.9. The van der Waals surface area contributed by atoms with Gasteiger partial charge < -0.3 is 15.5 Å². The summed E-state index contributed by atoms with van der Waals surface area (Å²) < 4.78 is 0. The van der Waals surface area contributed by atoms with E-state index in [1.54, 1.807) is 0 Å². The van der Waals surface area contributed by atoms with Crippen LogP contribution in [0.3, 0.4) is 0 Å². The summed E-state index contributed by atoms with van der Waals surface area (Å²) in [4.78, 5) is 10.9. The first-order valence-corrected chi connectivity index (χ1v) is 7.17. The second kappa shape index (κ2) is 4.49. The molecule has 4 nitrogen and oxygen atoms in total. The monoisotopic (exact) mass is 253 g/mol. The molecule has 4 heteroatoms. The third kappa shape index (κ3) is 2.16. The van der Waals surface area contributed by atoms with Gasteiger partial charge in [0.2, 0.25) is 0 Å². The Balaban J connectivity index is 1.63. The summed E-state index contributed by atoms with van der Waals surface area (Å²) in [5.41, 5.74) is 0.331. The van der Waals surface area contributed by atoms with E-state index >= 15 is 0 Å². The molecule has 0 aromatic carbocycles. The van der Waals surface area contributed by atoms with E-state index in [2.05, 4.69) is 5.32 Å². The zero-order valence-electron chi connectivity index (χ0n) is 10.8. The van der Waals surface area contributed by atoms with Gasteiger partial charge in [0.25, 0.3) is 0 Å². The van der Waals surface area contributed by atoms with Gasteiger partial charge in [-0.1, -0.05) is 0 Å². The van der Waals surface area contributed by atoms with Gasteiger partial charge in [0.15, 0.2) is 0 Å². The molecule has 0 saturated heterocycles. The molecule has 0 radical (unpaired) electrons.